The molecular weight excluding hydrogens is 371 g/mol. The summed E-state index contributed by atoms with van der Waals surface area (Å²) in [5.41, 5.74) is 0.628. The van der Waals surface area contributed by atoms with E-state index in [2.05, 4.69) is 0 Å². The van der Waals surface area contributed by atoms with Crippen LogP contribution in [-0.4, -0.2) is 37.1 Å². The van der Waals surface area contributed by atoms with Gasteiger partial charge in [0.05, 0.1) is 4.90 Å². The van der Waals surface area contributed by atoms with Gasteiger partial charge in [0.1, 0.15) is 11.9 Å². The van der Waals surface area contributed by atoms with Gasteiger partial charge in [0.25, 0.3) is 15.9 Å². The van der Waals surface area contributed by atoms with E-state index in [4.69, 9.17) is 0 Å². The normalized spacial score (nSPS) is 17.2. The van der Waals surface area contributed by atoms with Gasteiger partial charge >= 0.3 is 0 Å². The van der Waals surface area contributed by atoms with Gasteiger partial charge in [-0.15, -0.1) is 0 Å². The second-order valence-corrected chi connectivity index (χ2v) is 7.94. The number of benzene rings is 2. The molecule has 1 heterocycles. The summed E-state index contributed by atoms with van der Waals surface area (Å²) >= 11 is 0. The molecule has 0 spiro atoms. The molecule has 1 aliphatic rings. The lowest BCUT2D eigenvalue weighted by molar-refractivity contribution is -0.129. The predicted molar refractivity (Wildman–Crippen MR) is 97.9 cm³/mol. The molecule has 0 aromatic heterocycles. The van der Waals surface area contributed by atoms with E-state index in [0.29, 0.717) is 16.5 Å². The van der Waals surface area contributed by atoms with Crippen molar-refractivity contribution in [3.05, 3.63) is 60.4 Å². The Hall–Kier alpha value is -2.74. The Kier molecular flexibility index (Phi) is 5.27. The van der Waals surface area contributed by atoms with Crippen LogP contribution in [0, 0.1) is 5.82 Å². The van der Waals surface area contributed by atoms with Gasteiger partial charge in [-0.25, -0.2) is 17.1 Å². The van der Waals surface area contributed by atoms with Crippen molar-refractivity contribution in [3.8, 4) is 0 Å². The summed E-state index contributed by atoms with van der Waals surface area (Å²) in [4.78, 5) is 26.6. The minimum atomic E-state index is -4.25. The Morgan fingerprint density at radius 2 is 1.78 bits per heavy atom. The van der Waals surface area contributed by atoms with Crippen molar-refractivity contribution in [2.45, 2.75) is 30.7 Å². The van der Waals surface area contributed by atoms with Crippen LogP contribution < -0.4 is 4.90 Å². The van der Waals surface area contributed by atoms with Crippen molar-refractivity contribution in [1.82, 2.24) is 4.31 Å². The molecule has 0 bridgehead atoms. The van der Waals surface area contributed by atoms with Crippen molar-refractivity contribution in [3.63, 3.8) is 0 Å². The van der Waals surface area contributed by atoms with Gasteiger partial charge in [-0.2, -0.15) is 0 Å². The maximum absolute atomic E-state index is 13.1. The summed E-state index contributed by atoms with van der Waals surface area (Å²) in [5, 5.41) is 0. The number of sulfonamides is 1. The molecule has 0 saturated carbocycles. The largest absolute Gasteiger partial charge is 0.311 e. The van der Waals surface area contributed by atoms with Crippen LogP contribution in [0.1, 0.15) is 19.8 Å². The average molecular weight is 390 g/mol. The lowest BCUT2D eigenvalue weighted by Crippen LogP contribution is -2.49. The third kappa shape index (κ3) is 3.57. The van der Waals surface area contributed by atoms with Crippen LogP contribution in [0.25, 0.3) is 0 Å². The highest BCUT2D eigenvalue weighted by Crippen LogP contribution is 2.29. The zero-order valence-electron chi connectivity index (χ0n) is 14.7. The molecule has 27 heavy (non-hydrogen) atoms. The van der Waals surface area contributed by atoms with Gasteiger partial charge in [-0.3, -0.25) is 9.59 Å². The smallest absolute Gasteiger partial charge is 0.267 e. The van der Waals surface area contributed by atoms with Gasteiger partial charge in [0, 0.05) is 18.7 Å². The van der Waals surface area contributed by atoms with Crippen LogP contribution in [0.5, 0.6) is 0 Å². The molecule has 1 saturated heterocycles. The number of amides is 2. The number of anilines is 1. The van der Waals surface area contributed by atoms with Crippen molar-refractivity contribution in [1.29, 1.82) is 0 Å². The number of para-hydroxylation sites is 1. The number of halogens is 1. The Morgan fingerprint density at radius 3 is 2.37 bits per heavy atom. The quantitative estimate of drug-likeness (QED) is 0.786. The van der Waals surface area contributed by atoms with Crippen molar-refractivity contribution in [2.24, 2.45) is 0 Å². The summed E-state index contributed by atoms with van der Waals surface area (Å²) in [6.07, 6.45) is 0.0740. The lowest BCUT2D eigenvalue weighted by Gasteiger charge is -2.29. The first-order valence-electron chi connectivity index (χ1n) is 8.55. The maximum Gasteiger partial charge on any atom is 0.267 e. The summed E-state index contributed by atoms with van der Waals surface area (Å²) < 4.78 is 39.6. The Bertz CT molecular complexity index is 945. The highest BCUT2D eigenvalue weighted by atomic mass is 32.2. The fourth-order valence-electron chi connectivity index (χ4n) is 3.16. The molecule has 1 aliphatic heterocycles. The fraction of sp³-hybridized carbons (Fsp3) is 0.263. The number of rotatable bonds is 5. The lowest BCUT2D eigenvalue weighted by atomic mass is 10.2. The summed E-state index contributed by atoms with van der Waals surface area (Å²) in [6, 6.07) is 11.9. The van der Waals surface area contributed by atoms with Crippen molar-refractivity contribution in [2.75, 3.05) is 11.4 Å². The Balaban J connectivity index is 1.96. The van der Waals surface area contributed by atoms with Crippen LogP contribution in [0.3, 0.4) is 0 Å². The molecule has 0 unspecified atom stereocenters. The highest BCUT2D eigenvalue weighted by Gasteiger charge is 2.45. The second kappa shape index (κ2) is 7.48. The third-order valence-corrected chi connectivity index (χ3v) is 6.31. The molecule has 2 aromatic carbocycles. The van der Waals surface area contributed by atoms with Crippen molar-refractivity contribution >= 4 is 27.5 Å². The molecule has 0 radical (unpaired) electrons. The number of likely N-dealkylation sites (N-methyl/N-ethyl adjacent to an activating group) is 1. The zero-order valence-corrected chi connectivity index (χ0v) is 15.5. The maximum atomic E-state index is 13.1. The Labute approximate surface area is 157 Å². The van der Waals surface area contributed by atoms with E-state index in [9.17, 15) is 22.4 Å². The number of hydrogen-bond acceptors (Lipinski definition) is 4. The van der Waals surface area contributed by atoms with E-state index in [1.165, 1.54) is 4.90 Å². The van der Waals surface area contributed by atoms with E-state index in [1.54, 1.807) is 31.2 Å². The number of nitrogens with zero attached hydrogens (tertiary/aromatic N) is 2. The molecule has 2 aromatic rings. The third-order valence-electron chi connectivity index (χ3n) is 4.47. The first kappa shape index (κ1) is 19.0. The molecule has 1 fully saturated rings. The van der Waals surface area contributed by atoms with Crippen LogP contribution in [0.15, 0.2) is 59.5 Å². The Morgan fingerprint density at radius 1 is 1.15 bits per heavy atom. The fourth-order valence-corrected chi connectivity index (χ4v) is 4.76. The summed E-state index contributed by atoms with van der Waals surface area (Å²) in [5.74, 6) is -1.68. The van der Waals surface area contributed by atoms with Crippen molar-refractivity contribution < 1.29 is 22.4 Å². The molecule has 3 rings (SSSR count). The standard InChI is InChI=1S/C19H19FN2O4S/c1-2-21(15-6-4-3-5-7-15)19(24)17-12-13-18(23)22(17)27(25,26)16-10-8-14(20)9-11-16/h3-11,17H,2,12-13H2,1H3/t17-/m1/s1. The van der Waals surface area contributed by atoms with E-state index in [1.807, 2.05) is 6.07 Å². The molecule has 2 amide bonds. The van der Waals surface area contributed by atoms with E-state index in [-0.39, 0.29) is 17.7 Å². The molecule has 0 N–H and O–H groups in total. The van der Waals surface area contributed by atoms with E-state index < -0.39 is 33.7 Å². The van der Waals surface area contributed by atoms with Gasteiger partial charge in [0.15, 0.2) is 0 Å². The van der Waals surface area contributed by atoms with E-state index in [0.717, 1.165) is 24.3 Å². The monoisotopic (exact) mass is 390 g/mol. The molecule has 6 nitrogen and oxygen atoms in total. The zero-order chi connectivity index (χ0) is 19.6. The minimum absolute atomic E-state index is 0.0385. The molecule has 142 valence electrons. The first-order valence-corrected chi connectivity index (χ1v) is 9.99. The highest BCUT2D eigenvalue weighted by molar-refractivity contribution is 7.89. The summed E-state index contributed by atoms with van der Waals surface area (Å²) in [7, 11) is -4.25. The predicted octanol–water partition coefficient (Wildman–Crippen LogP) is 2.56. The van der Waals surface area contributed by atoms with Crippen LogP contribution in [0.4, 0.5) is 10.1 Å². The van der Waals surface area contributed by atoms with Gasteiger partial charge in [-0.05, 0) is 49.7 Å². The van der Waals surface area contributed by atoms with Crippen LogP contribution in [-0.2, 0) is 19.6 Å². The van der Waals surface area contributed by atoms with Gasteiger partial charge in [0.2, 0.25) is 5.91 Å². The first-order chi connectivity index (χ1) is 12.9. The van der Waals surface area contributed by atoms with E-state index >= 15 is 0 Å². The van der Waals surface area contributed by atoms with Gasteiger partial charge < -0.3 is 4.90 Å². The molecule has 1 atom stereocenters. The van der Waals surface area contributed by atoms with Crippen LogP contribution in [0.2, 0.25) is 0 Å². The summed E-state index contributed by atoms with van der Waals surface area (Å²) in [6.45, 7) is 2.11. The van der Waals surface area contributed by atoms with Crippen LogP contribution >= 0.6 is 0 Å². The molecular formula is C19H19FN2O4S. The van der Waals surface area contributed by atoms with Gasteiger partial charge in [-0.1, -0.05) is 18.2 Å². The topological polar surface area (TPSA) is 74.8 Å². The number of carbonyl (C=O) groups excluding carboxylic acids is 2. The number of hydrogen-bond donors (Lipinski definition) is 0. The SMILES string of the molecule is CCN(C(=O)[C@H]1CCC(=O)N1S(=O)(=O)c1ccc(F)cc1)c1ccccc1. The molecule has 0 aliphatic carbocycles. The minimum Gasteiger partial charge on any atom is -0.311 e. The number of carbonyl (C=O) groups is 2. The second-order valence-electron chi connectivity index (χ2n) is 6.12. The average Bonchev–Trinajstić information content (AvgIpc) is 3.06. The molecule has 8 heteroatoms.